The SMILES string of the molecule is Nc1cc(Cl)c(Cl)c([N+](=O)[O-])c1Cl. The average Bonchev–Trinajstić information content (AvgIpc) is 2.01. The van der Waals surface area contributed by atoms with Crippen molar-refractivity contribution in [1.82, 2.24) is 0 Å². The number of anilines is 1. The zero-order valence-corrected chi connectivity index (χ0v) is 8.32. The summed E-state index contributed by atoms with van der Waals surface area (Å²) in [5, 5.41) is 10.1. The maximum Gasteiger partial charge on any atom is 0.309 e. The van der Waals surface area contributed by atoms with Crippen LogP contribution in [0.3, 0.4) is 0 Å². The molecule has 70 valence electrons. The van der Waals surface area contributed by atoms with Gasteiger partial charge in [0.2, 0.25) is 0 Å². The first kappa shape index (κ1) is 10.4. The van der Waals surface area contributed by atoms with Crippen molar-refractivity contribution < 1.29 is 4.92 Å². The lowest BCUT2D eigenvalue weighted by Gasteiger charge is -2.02. The largest absolute Gasteiger partial charge is 0.397 e. The van der Waals surface area contributed by atoms with Gasteiger partial charge in [-0.05, 0) is 6.07 Å². The van der Waals surface area contributed by atoms with Crippen molar-refractivity contribution >= 4 is 46.2 Å². The molecule has 0 amide bonds. The molecule has 0 radical (unpaired) electrons. The second kappa shape index (κ2) is 3.57. The molecule has 0 aromatic heterocycles. The van der Waals surface area contributed by atoms with Crippen LogP contribution in [0.25, 0.3) is 0 Å². The maximum absolute atomic E-state index is 10.5. The molecule has 0 aliphatic carbocycles. The molecule has 0 unspecified atom stereocenters. The number of nitro groups is 1. The van der Waals surface area contributed by atoms with Crippen LogP contribution < -0.4 is 5.73 Å². The third-order valence-corrected chi connectivity index (χ3v) is 2.52. The van der Waals surface area contributed by atoms with Gasteiger partial charge in [-0.1, -0.05) is 34.8 Å². The lowest BCUT2D eigenvalue weighted by Crippen LogP contribution is -1.95. The molecule has 13 heavy (non-hydrogen) atoms. The van der Waals surface area contributed by atoms with Crippen LogP contribution in [0.4, 0.5) is 11.4 Å². The lowest BCUT2D eigenvalue weighted by molar-refractivity contribution is -0.384. The van der Waals surface area contributed by atoms with Crippen LogP contribution in [0.15, 0.2) is 6.07 Å². The van der Waals surface area contributed by atoms with Crippen molar-refractivity contribution in [3.63, 3.8) is 0 Å². The minimum atomic E-state index is -0.729. The Morgan fingerprint density at radius 1 is 1.31 bits per heavy atom. The molecular formula is C6H3Cl3N2O2. The molecule has 0 aliphatic rings. The zero-order chi connectivity index (χ0) is 10.2. The first-order valence-electron chi connectivity index (χ1n) is 3.02. The number of hydrogen-bond acceptors (Lipinski definition) is 3. The molecule has 0 heterocycles. The topological polar surface area (TPSA) is 69.2 Å². The highest BCUT2D eigenvalue weighted by molar-refractivity contribution is 6.46. The van der Waals surface area contributed by atoms with Gasteiger partial charge in [0.1, 0.15) is 10.0 Å². The summed E-state index contributed by atoms with van der Waals surface area (Å²) < 4.78 is 0. The summed E-state index contributed by atoms with van der Waals surface area (Å²) in [6.07, 6.45) is 0. The van der Waals surface area contributed by atoms with Crippen LogP contribution in [0.1, 0.15) is 0 Å². The quantitative estimate of drug-likeness (QED) is 0.355. The van der Waals surface area contributed by atoms with E-state index in [1.165, 1.54) is 6.07 Å². The predicted molar refractivity (Wildman–Crippen MR) is 52.5 cm³/mol. The first-order chi connectivity index (χ1) is 5.95. The van der Waals surface area contributed by atoms with E-state index in [-0.39, 0.29) is 20.8 Å². The molecule has 7 heteroatoms. The van der Waals surface area contributed by atoms with Crippen molar-refractivity contribution in [2.24, 2.45) is 0 Å². The van der Waals surface area contributed by atoms with Crippen molar-refractivity contribution in [3.05, 3.63) is 31.2 Å². The Hall–Kier alpha value is -0.710. The number of nitrogens with zero attached hydrogens (tertiary/aromatic N) is 1. The van der Waals surface area contributed by atoms with Gasteiger partial charge < -0.3 is 5.73 Å². The van der Waals surface area contributed by atoms with Crippen LogP contribution in [0.5, 0.6) is 0 Å². The normalized spacial score (nSPS) is 10.1. The minimum absolute atomic E-state index is 0.00951. The highest BCUT2D eigenvalue weighted by Crippen LogP contribution is 2.41. The van der Waals surface area contributed by atoms with E-state index in [4.69, 9.17) is 40.5 Å². The monoisotopic (exact) mass is 240 g/mol. The maximum atomic E-state index is 10.5. The number of hydrogen-bond donors (Lipinski definition) is 1. The average molecular weight is 241 g/mol. The molecule has 0 atom stereocenters. The van der Waals surface area contributed by atoms with Gasteiger partial charge in [0.15, 0.2) is 0 Å². The molecule has 1 aromatic rings. The molecule has 2 N–H and O–H groups in total. The van der Waals surface area contributed by atoms with E-state index in [2.05, 4.69) is 0 Å². The van der Waals surface area contributed by atoms with Gasteiger partial charge in [-0.3, -0.25) is 10.1 Å². The Bertz CT molecular complexity index is 354. The zero-order valence-electron chi connectivity index (χ0n) is 6.05. The molecular weight excluding hydrogens is 238 g/mol. The third-order valence-electron chi connectivity index (χ3n) is 1.34. The van der Waals surface area contributed by atoms with E-state index in [1.54, 1.807) is 0 Å². The van der Waals surface area contributed by atoms with Crippen LogP contribution in [0.2, 0.25) is 15.1 Å². The number of rotatable bonds is 1. The van der Waals surface area contributed by atoms with Crippen LogP contribution in [-0.4, -0.2) is 4.92 Å². The number of halogens is 3. The van der Waals surface area contributed by atoms with Crippen molar-refractivity contribution in [2.75, 3.05) is 5.73 Å². The lowest BCUT2D eigenvalue weighted by atomic mass is 10.3. The summed E-state index contributed by atoms with van der Waals surface area (Å²) in [4.78, 5) is 9.74. The summed E-state index contributed by atoms with van der Waals surface area (Å²) in [5.74, 6) is 0. The summed E-state index contributed by atoms with van der Waals surface area (Å²) in [5.41, 5.74) is 4.91. The number of nitrogens with two attached hydrogens (primary N) is 1. The molecule has 0 spiro atoms. The van der Waals surface area contributed by atoms with Gasteiger partial charge in [-0.2, -0.15) is 0 Å². The molecule has 0 saturated carbocycles. The van der Waals surface area contributed by atoms with E-state index in [0.29, 0.717) is 0 Å². The molecule has 1 aromatic carbocycles. The highest BCUT2D eigenvalue weighted by atomic mass is 35.5. The molecule has 0 fully saturated rings. The van der Waals surface area contributed by atoms with Crippen LogP contribution in [0, 0.1) is 10.1 Å². The van der Waals surface area contributed by atoms with Gasteiger partial charge in [-0.25, -0.2) is 0 Å². The van der Waals surface area contributed by atoms with E-state index < -0.39 is 10.6 Å². The van der Waals surface area contributed by atoms with Gasteiger partial charge in [-0.15, -0.1) is 0 Å². The Kier molecular flexibility index (Phi) is 2.85. The van der Waals surface area contributed by atoms with Crippen LogP contribution >= 0.6 is 34.8 Å². The van der Waals surface area contributed by atoms with Crippen LogP contribution in [-0.2, 0) is 0 Å². The van der Waals surface area contributed by atoms with E-state index in [1.807, 2.05) is 0 Å². The fourth-order valence-corrected chi connectivity index (χ4v) is 1.46. The van der Waals surface area contributed by atoms with Gasteiger partial charge in [0.05, 0.1) is 15.6 Å². The predicted octanol–water partition coefficient (Wildman–Crippen LogP) is 3.14. The van der Waals surface area contributed by atoms with Crippen molar-refractivity contribution in [3.8, 4) is 0 Å². The fraction of sp³-hybridized carbons (Fsp3) is 0. The van der Waals surface area contributed by atoms with Gasteiger partial charge in [0.25, 0.3) is 0 Å². The van der Waals surface area contributed by atoms with Gasteiger partial charge in [0, 0.05) is 0 Å². The molecule has 0 saturated heterocycles. The number of benzene rings is 1. The summed E-state index contributed by atoms with van der Waals surface area (Å²) in [7, 11) is 0. The summed E-state index contributed by atoms with van der Waals surface area (Å²) in [6.45, 7) is 0. The van der Waals surface area contributed by atoms with Crippen molar-refractivity contribution in [1.29, 1.82) is 0 Å². The second-order valence-electron chi connectivity index (χ2n) is 2.18. The Labute approximate surface area is 88.3 Å². The standard InChI is InChI=1S/C6H3Cl3N2O2/c7-2-1-3(10)5(9)6(4(2)8)11(12)13/h1H,10H2. The minimum Gasteiger partial charge on any atom is -0.397 e. The van der Waals surface area contributed by atoms with Gasteiger partial charge >= 0.3 is 5.69 Å². The Morgan fingerprint density at radius 3 is 2.31 bits per heavy atom. The highest BCUT2D eigenvalue weighted by Gasteiger charge is 2.22. The van der Waals surface area contributed by atoms with E-state index in [0.717, 1.165) is 0 Å². The number of nitro benzene ring substituents is 1. The molecule has 0 aliphatic heterocycles. The van der Waals surface area contributed by atoms with E-state index in [9.17, 15) is 10.1 Å². The third kappa shape index (κ3) is 1.80. The van der Waals surface area contributed by atoms with E-state index >= 15 is 0 Å². The summed E-state index contributed by atoms with van der Waals surface area (Å²) >= 11 is 16.7. The summed E-state index contributed by atoms with van der Waals surface area (Å²) in [6, 6.07) is 1.26. The smallest absolute Gasteiger partial charge is 0.309 e. The molecule has 0 bridgehead atoms. The molecule has 1 rings (SSSR count). The molecule has 4 nitrogen and oxygen atoms in total. The fourth-order valence-electron chi connectivity index (χ4n) is 0.770. The Morgan fingerprint density at radius 2 is 1.85 bits per heavy atom. The number of nitrogen functional groups attached to an aromatic ring is 1. The Balaban J connectivity index is 3.56. The first-order valence-corrected chi connectivity index (χ1v) is 4.16. The second-order valence-corrected chi connectivity index (χ2v) is 3.34. The van der Waals surface area contributed by atoms with Crippen molar-refractivity contribution in [2.45, 2.75) is 0 Å².